The molecule has 1 atom stereocenters. The molecule has 50 heavy (non-hydrogen) atoms. The van der Waals surface area contributed by atoms with Gasteiger partial charge in [-0.05, 0) is 41.3 Å². The molecule has 0 aromatic heterocycles. The SMILES string of the molecule is COc1ccc(OC)c(N(CC(=O)N(Cc2ccccc2)[C@H](Cc2ccccc2)C(=O)NCC(C)C)S(=O)(=O)c2ccc(OC)c(OC)c2)c1. The number of ether oxygens (including phenoxy) is 4. The van der Waals surface area contributed by atoms with Crippen LogP contribution in [0.25, 0.3) is 0 Å². The van der Waals surface area contributed by atoms with Crippen molar-refractivity contribution in [2.75, 3.05) is 45.8 Å². The molecule has 0 radical (unpaired) electrons. The number of benzene rings is 4. The highest BCUT2D eigenvalue weighted by Crippen LogP contribution is 2.38. The summed E-state index contributed by atoms with van der Waals surface area (Å²) in [6, 6.07) is 26.6. The van der Waals surface area contributed by atoms with Crippen molar-refractivity contribution in [2.45, 2.75) is 37.8 Å². The molecule has 11 nitrogen and oxygen atoms in total. The lowest BCUT2D eigenvalue weighted by atomic mass is 10.0. The number of nitrogens with zero attached hydrogens (tertiary/aromatic N) is 2. The Kier molecular flexibility index (Phi) is 13.1. The molecule has 0 fully saturated rings. The van der Waals surface area contributed by atoms with Crippen LogP contribution < -0.4 is 28.6 Å². The number of methoxy groups -OCH3 is 4. The average Bonchev–Trinajstić information content (AvgIpc) is 3.14. The topological polar surface area (TPSA) is 124 Å². The van der Waals surface area contributed by atoms with Crippen molar-refractivity contribution < 1.29 is 37.0 Å². The van der Waals surface area contributed by atoms with E-state index in [0.717, 1.165) is 15.4 Å². The molecule has 266 valence electrons. The van der Waals surface area contributed by atoms with E-state index in [1.165, 1.54) is 57.6 Å². The minimum atomic E-state index is -4.48. The summed E-state index contributed by atoms with van der Waals surface area (Å²) >= 11 is 0. The van der Waals surface area contributed by atoms with Gasteiger partial charge in [-0.3, -0.25) is 13.9 Å². The third-order valence-electron chi connectivity index (χ3n) is 8.03. The van der Waals surface area contributed by atoms with E-state index >= 15 is 0 Å². The fraction of sp³-hybridized carbons (Fsp3) is 0.316. The fourth-order valence-electron chi connectivity index (χ4n) is 5.37. The first-order chi connectivity index (χ1) is 24.0. The van der Waals surface area contributed by atoms with Crippen molar-refractivity contribution in [3.63, 3.8) is 0 Å². The molecule has 0 saturated carbocycles. The van der Waals surface area contributed by atoms with Crippen molar-refractivity contribution in [1.82, 2.24) is 10.2 Å². The molecule has 0 heterocycles. The van der Waals surface area contributed by atoms with Crippen LogP contribution in [0.3, 0.4) is 0 Å². The maximum absolute atomic E-state index is 14.8. The number of rotatable bonds is 17. The van der Waals surface area contributed by atoms with E-state index in [9.17, 15) is 18.0 Å². The fourth-order valence-corrected chi connectivity index (χ4v) is 6.80. The summed E-state index contributed by atoms with van der Waals surface area (Å²) in [5.41, 5.74) is 1.68. The second kappa shape index (κ2) is 17.4. The summed E-state index contributed by atoms with van der Waals surface area (Å²) < 4.78 is 52.0. The predicted molar refractivity (Wildman–Crippen MR) is 192 cm³/mol. The van der Waals surface area contributed by atoms with Crippen LogP contribution in [-0.2, 0) is 32.6 Å². The molecule has 0 aliphatic heterocycles. The summed E-state index contributed by atoms with van der Waals surface area (Å²) in [7, 11) is 1.23. The zero-order chi connectivity index (χ0) is 36.3. The van der Waals surface area contributed by atoms with E-state index in [-0.39, 0.29) is 46.9 Å². The second-order valence-corrected chi connectivity index (χ2v) is 13.8. The molecule has 0 aliphatic rings. The van der Waals surface area contributed by atoms with Gasteiger partial charge in [0.05, 0.1) is 39.0 Å². The first-order valence-electron chi connectivity index (χ1n) is 16.1. The van der Waals surface area contributed by atoms with E-state index in [0.29, 0.717) is 18.0 Å². The first-order valence-corrected chi connectivity index (χ1v) is 17.6. The number of carbonyl (C=O) groups excluding carboxylic acids is 2. The maximum Gasteiger partial charge on any atom is 0.265 e. The summed E-state index contributed by atoms with van der Waals surface area (Å²) in [4.78, 5) is 30.1. The Balaban J connectivity index is 1.88. The molecule has 12 heteroatoms. The third-order valence-corrected chi connectivity index (χ3v) is 9.78. The Morgan fingerprint density at radius 1 is 0.720 bits per heavy atom. The highest BCUT2D eigenvalue weighted by molar-refractivity contribution is 7.92. The highest BCUT2D eigenvalue weighted by atomic mass is 32.2. The van der Waals surface area contributed by atoms with Gasteiger partial charge in [-0.2, -0.15) is 0 Å². The minimum Gasteiger partial charge on any atom is -0.497 e. The highest BCUT2D eigenvalue weighted by Gasteiger charge is 2.36. The van der Waals surface area contributed by atoms with Crippen LogP contribution >= 0.6 is 0 Å². The van der Waals surface area contributed by atoms with Crippen LogP contribution in [0.15, 0.2) is 102 Å². The van der Waals surface area contributed by atoms with Crippen molar-refractivity contribution in [1.29, 1.82) is 0 Å². The Morgan fingerprint density at radius 2 is 1.32 bits per heavy atom. The summed E-state index contributed by atoms with van der Waals surface area (Å²) in [5, 5.41) is 2.99. The van der Waals surface area contributed by atoms with Gasteiger partial charge in [-0.1, -0.05) is 74.5 Å². The van der Waals surface area contributed by atoms with Crippen LogP contribution in [0, 0.1) is 5.92 Å². The molecular formula is C38H45N3O8S. The van der Waals surface area contributed by atoms with Gasteiger partial charge in [0.25, 0.3) is 10.0 Å². The predicted octanol–water partition coefficient (Wildman–Crippen LogP) is 5.33. The van der Waals surface area contributed by atoms with Crippen LogP contribution in [0.2, 0.25) is 0 Å². The number of sulfonamides is 1. The van der Waals surface area contributed by atoms with Gasteiger partial charge in [0.15, 0.2) is 11.5 Å². The van der Waals surface area contributed by atoms with Crippen LogP contribution in [0.4, 0.5) is 5.69 Å². The molecule has 1 N–H and O–H groups in total. The number of anilines is 1. The van der Waals surface area contributed by atoms with E-state index in [1.807, 2.05) is 74.5 Å². The van der Waals surface area contributed by atoms with Gasteiger partial charge in [0.2, 0.25) is 11.8 Å². The van der Waals surface area contributed by atoms with E-state index in [2.05, 4.69) is 5.32 Å². The van der Waals surface area contributed by atoms with E-state index in [4.69, 9.17) is 18.9 Å². The smallest absolute Gasteiger partial charge is 0.265 e. The molecule has 4 aromatic rings. The van der Waals surface area contributed by atoms with Gasteiger partial charge < -0.3 is 29.2 Å². The largest absolute Gasteiger partial charge is 0.497 e. The molecule has 4 rings (SSSR count). The first kappa shape index (κ1) is 37.6. The Bertz CT molecular complexity index is 1840. The van der Waals surface area contributed by atoms with Crippen molar-refractivity contribution in [3.05, 3.63) is 108 Å². The maximum atomic E-state index is 14.8. The molecule has 0 unspecified atom stereocenters. The molecule has 0 saturated heterocycles. The lowest BCUT2D eigenvalue weighted by molar-refractivity contribution is -0.140. The number of hydrogen-bond acceptors (Lipinski definition) is 8. The lowest BCUT2D eigenvalue weighted by Crippen LogP contribution is -2.53. The monoisotopic (exact) mass is 703 g/mol. The number of nitrogens with one attached hydrogen (secondary N) is 1. The van der Waals surface area contributed by atoms with Crippen LogP contribution in [0.1, 0.15) is 25.0 Å². The molecule has 4 aromatic carbocycles. The summed E-state index contributed by atoms with van der Waals surface area (Å²) in [6.07, 6.45) is 0.203. The standard InChI is InChI=1S/C38H45N3O8S/c1-27(2)24-39-38(43)33(21-28-13-9-7-10-14-28)40(25-29-15-11-8-12-16-29)37(42)26-41(32-22-30(46-3)17-19-34(32)47-4)50(44,45)31-18-20-35(48-5)36(23-31)49-6/h7-20,22-23,27,33H,21,24-26H2,1-6H3,(H,39,43)/t33-/m1/s1. The quantitative estimate of drug-likeness (QED) is 0.157. The molecular weight excluding hydrogens is 658 g/mol. The number of hydrogen-bond donors (Lipinski definition) is 1. The van der Waals surface area contributed by atoms with Crippen LogP contribution in [0.5, 0.6) is 23.0 Å². The number of amides is 2. The molecule has 2 amide bonds. The van der Waals surface area contributed by atoms with Gasteiger partial charge in [-0.15, -0.1) is 0 Å². The Morgan fingerprint density at radius 3 is 1.90 bits per heavy atom. The summed E-state index contributed by atoms with van der Waals surface area (Å²) in [5.74, 6) is 0.261. The molecule has 0 bridgehead atoms. The average molecular weight is 704 g/mol. The van der Waals surface area contributed by atoms with E-state index in [1.54, 1.807) is 12.1 Å². The van der Waals surface area contributed by atoms with Gasteiger partial charge >= 0.3 is 0 Å². The summed E-state index contributed by atoms with van der Waals surface area (Å²) in [6.45, 7) is 3.75. The van der Waals surface area contributed by atoms with Gasteiger partial charge in [-0.25, -0.2) is 8.42 Å². The zero-order valence-corrected chi connectivity index (χ0v) is 30.1. The van der Waals surface area contributed by atoms with Gasteiger partial charge in [0.1, 0.15) is 24.1 Å². The van der Waals surface area contributed by atoms with Crippen molar-refractivity contribution in [3.8, 4) is 23.0 Å². The zero-order valence-electron chi connectivity index (χ0n) is 29.3. The van der Waals surface area contributed by atoms with Crippen LogP contribution in [-0.4, -0.2) is 72.7 Å². The lowest BCUT2D eigenvalue weighted by Gasteiger charge is -2.34. The normalized spacial score (nSPS) is 11.7. The molecule has 0 aliphatic carbocycles. The number of carbonyl (C=O) groups is 2. The Hall–Kier alpha value is -5.23. The van der Waals surface area contributed by atoms with E-state index < -0.39 is 28.5 Å². The minimum absolute atomic E-state index is 0.0474. The third kappa shape index (κ3) is 9.26. The Labute approximate surface area is 294 Å². The van der Waals surface area contributed by atoms with Crippen molar-refractivity contribution >= 4 is 27.5 Å². The van der Waals surface area contributed by atoms with Crippen molar-refractivity contribution in [2.24, 2.45) is 5.92 Å². The second-order valence-electron chi connectivity index (χ2n) is 11.9. The molecule has 0 spiro atoms. The van der Waals surface area contributed by atoms with Gasteiger partial charge in [0, 0.05) is 31.6 Å².